The number of nitrogens with one attached hydrogen (secondary N) is 2. The van der Waals surface area contributed by atoms with E-state index in [2.05, 4.69) is 25.0 Å². The number of ketones is 1. The third kappa shape index (κ3) is 3.50. The Hall–Kier alpha value is -4.92. The highest BCUT2D eigenvalue weighted by Crippen LogP contribution is 2.28. The highest BCUT2D eigenvalue weighted by atomic mass is 16.5. The first-order valence-corrected chi connectivity index (χ1v) is 11.0. The topological polar surface area (TPSA) is 128 Å². The third-order valence-corrected chi connectivity index (χ3v) is 6.03. The highest BCUT2D eigenvalue weighted by molar-refractivity contribution is 6.12. The number of nitrogens with zero attached hydrogens (tertiary/aromatic N) is 4. The quantitative estimate of drug-likeness (QED) is 0.325. The lowest BCUT2D eigenvalue weighted by Gasteiger charge is -2.05. The molecule has 0 saturated carbocycles. The van der Waals surface area contributed by atoms with E-state index in [0.717, 1.165) is 44.6 Å². The molecule has 6 rings (SSSR count). The standard InChI is InChI=1S/C26H21N7O2/c1-14-30-21-6-5-18(10-23(21)31-14)33-26(27)20(13-29-33)25(34)24-9-16-4-3-15(8-22(16)32-24)17-7-19(35-2)12-28-11-17/h3-13,32H,27H2,1-2H3,(H,30,31). The zero-order chi connectivity index (χ0) is 24.1. The van der Waals surface area contributed by atoms with Gasteiger partial charge in [-0.3, -0.25) is 9.78 Å². The molecular weight excluding hydrogens is 442 g/mol. The van der Waals surface area contributed by atoms with Gasteiger partial charge in [-0.25, -0.2) is 9.67 Å². The van der Waals surface area contributed by atoms with E-state index in [9.17, 15) is 4.79 Å². The Morgan fingerprint density at radius 2 is 1.86 bits per heavy atom. The van der Waals surface area contributed by atoms with Crippen molar-refractivity contribution in [3.05, 3.63) is 84.2 Å². The molecule has 0 amide bonds. The van der Waals surface area contributed by atoms with Crippen molar-refractivity contribution >= 4 is 33.5 Å². The Morgan fingerprint density at radius 1 is 0.971 bits per heavy atom. The van der Waals surface area contributed by atoms with Crippen LogP contribution in [0.25, 0.3) is 38.8 Å². The Balaban J connectivity index is 1.34. The summed E-state index contributed by atoms with van der Waals surface area (Å²) in [6, 6.07) is 15.3. The maximum atomic E-state index is 13.3. The van der Waals surface area contributed by atoms with Crippen LogP contribution in [0.15, 0.2) is 67.1 Å². The molecule has 0 saturated heterocycles. The first-order valence-electron chi connectivity index (χ1n) is 11.0. The second-order valence-corrected chi connectivity index (χ2v) is 8.31. The Labute approximate surface area is 199 Å². The summed E-state index contributed by atoms with van der Waals surface area (Å²) < 4.78 is 6.83. The highest BCUT2D eigenvalue weighted by Gasteiger charge is 2.20. The fraction of sp³-hybridized carbons (Fsp3) is 0.0769. The number of benzene rings is 2. The molecule has 4 aromatic heterocycles. The van der Waals surface area contributed by atoms with Crippen LogP contribution in [0.5, 0.6) is 5.75 Å². The van der Waals surface area contributed by atoms with Gasteiger partial charge in [0.2, 0.25) is 5.78 Å². The first-order chi connectivity index (χ1) is 17.0. The summed E-state index contributed by atoms with van der Waals surface area (Å²) in [5, 5.41) is 5.29. The number of hydrogen-bond acceptors (Lipinski definition) is 6. The van der Waals surface area contributed by atoms with Gasteiger partial charge < -0.3 is 20.4 Å². The molecular formula is C26H21N7O2. The number of imidazole rings is 1. The Morgan fingerprint density at radius 3 is 2.71 bits per heavy atom. The lowest BCUT2D eigenvalue weighted by Crippen LogP contribution is -2.07. The van der Waals surface area contributed by atoms with Crippen LogP contribution in [-0.2, 0) is 0 Å². The molecule has 6 aromatic rings. The average Bonchev–Trinajstić information content (AvgIpc) is 3.58. The van der Waals surface area contributed by atoms with Crippen molar-refractivity contribution in [2.75, 3.05) is 12.8 Å². The maximum Gasteiger partial charge on any atom is 0.214 e. The van der Waals surface area contributed by atoms with Crippen LogP contribution < -0.4 is 10.5 Å². The summed E-state index contributed by atoms with van der Waals surface area (Å²) in [6.07, 6.45) is 4.93. The molecule has 0 aliphatic heterocycles. The summed E-state index contributed by atoms with van der Waals surface area (Å²) in [4.78, 5) is 28.4. The molecule has 0 aliphatic carbocycles. The number of carbonyl (C=O) groups is 1. The Kier molecular flexibility index (Phi) is 4.63. The number of hydrogen-bond donors (Lipinski definition) is 3. The van der Waals surface area contributed by atoms with Gasteiger partial charge in [0.15, 0.2) is 0 Å². The van der Waals surface area contributed by atoms with Crippen LogP contribution in [0.3, 0.4) is 0 Å². The van der Waals surface area contributed by atoms with Crippen LogP contribution in [0.1, 0.15) is 21.9 Å². The van der Waals surface area contributed by atoms with E-state index in [1.54, 1.807) is 24.2 Å². The van der Waals surface area contributed by atoms with E-state index in [1.807, 2.05) is 55.5 Å². The molecule has 172 valence electrons. The number of nitrogen functional groups attached to an aromatic ring is 1. The zero-order valence-electron chi connectivity index (χ0n) is 19.0. The molecule has 0 aliphatic rings. The number of nitrogens with two attached hydrogens (primary N) is 1. The van der Waals surface area contributed by atoms with E-state index >= 15 is 0 Å². The predicted molar refractivity (Wildman–Crippen MR) is 134 cm³/mol. The number of aromatic nitrogens is 6. The Bertz CT molecular complexity index is 1740. The van der Waals surface area contributed by atoms with E-state index < -0.39 is 0 Å². The molecule has 4 heterocycles. The van der Waals surface area contributed by atoms with E-state index in [0.29, 0.717) is 17.0 Å². The first kappa shape index (κ1) is 20.7. The van der Waals surface area contributed by atoms with Crippen molar-refractivity contribution < 1.29 is 9.53 Å². The van der Waals surface area contributed by atoms with Crippen LogP contribution in [0, 0.1) is 6.92 Å². The van der Waals surface area contributed by atoms with E-state index in [-0.39, 0.29) is 11.6 Å². The molecule has 0 fully saturated rings. The van der Waals surface area contributed by atoms with Gasteiger partial charge in [-0.15, -0.1) is 0 Å². The summed E-state index contributed by atoms with van der Waals surface area (Å²) in [5.74, 6) is 1.55. The van der Waals surface area contributed by atoms with Gasteiger partial charge in [0.05, 0.1) is 47.5 Å². The molecule has 0 radical (unpaired) electrons. The molecule has 0 unspecified atom stereocenters. The number of H-pyrrole nitrogens is 2. The molecule has 0 atom stereocenters. The molecule has 2 aromatic carbocycles. The minimum atomic E-state index is -0.229. The minimum Gasteiger partial charge on any atom is -0.495 e. The largest absolute Gasteiger partial charge is 0.495 e. The number of anilines is 1. The fourth-order valence-electron chi connectivity index (χ4n) is 4.26. The van der Waals surface area contributed by atoms with Crippen molar-refractivity contribution in [1.29, 1.82) is 0 Å². The SMILES string of the molecule is COc1cncc(-c2ccc3cc(C(=O)c4cnn(-c5ccc6nc(C)[nH]c6c5)c4N)[nH]c3c2)c1. The fourth-order valence-corrected chi connectivity index (χ4v) is 4.26. The smallest absolute Gasteiger partial charge is 0.214 e. The molecule has 0 spiro atoms. The maximum absolute atomic E-state index is 13.3. The number of carbonyl (C=O) groups excluding carboxylic acids is 1. The van der Waals surface area contributed by atoms with Gasteiger partial charge in [0.25, 0.3) is 0 Å². The van der Waals surface area contributed by atoms with Crippen molar-refractivity contribution in [2.45, 2.75) is 6.92 Å². The van der Waals surface area contributed by atoms with E-state index in [4.69, 9.17) is 10.5 Å². The third-order valence-electron chi connectivity index (χ3n) is 6.03. The number of aromatic amines is 2. The van der Waals surface area contributed by atoms with Crippen molar-refractivity contribution in [3.63, 3.8) is 0 Å². The summed E-state index contributed by atoms with van der Waals surface area (Å²) in [7, 11) is 1.61. The van der Waals surface area contributed by atoms with E-state index in [1.165, 1.54) is 6.20 Å². The normalized spacial score (nSPS) is 11.4. The van der Waals surface area contributed by atoms with Crippen molar-refractivity contribution in [3.8, 4) is 22.6 Å². The number of fused-ring (bicyclic) bond motifs is 2. The van der Waals surface area contributed by atoms with Crippen LogP contribution in [0.4, 0.5) is 5.82 Å². The average molecular weight is 464 g/mol. The molecule has 4 N–H and O–H groups in total. The van der Waals surface area contributed by atoms with Gasteiger partial charge >= 0.3 is 0 Å². The molecule has 9 nitrogen and oxygen atoms in total. The number of methoxy groups -OCH3 is 1. The minimum absolute atomic E-state index is 0.229. The number of ether oxygens (including phenoxy) is 1. The summed E-state index contributed by atoms with van der Waals surface area (Å²) in [6.45, 7) is 1.90. The zero-order valence-corrected chi connectivity index (χ0v) is 19.0. The number of aryl methyl sites for hydroxylation is 1. The van der Waals surface area contributed by atoms with Crippen LogP contribution in [0.2, 0.25) is 0 Å². The molecule has 35 heavy (non-hydrogen) atoms. The molecule has 9 heteroatoms. The summed E-state index contributed by atoms with van der Waals surface area (Å²) in [5.41, 5.74) is 12.3. The van der Waals surface area contributed by atoms with Gasteiger partial charge in [-0.05, 0) is 48.9 Å². The number of rotatable bonds is 5. The molecule has 0 bridgehead atoms. The van der Waals surface area contributed by atoms with Gasteiger partial charge in [-0.1, -0.05) is 12.1 Å². The predicted octanol–water partition coefficient (Wildman–Crippen LogP) is 4.42. The number of pyridine rings is 1. The summed E-state index contributed by atoms with van der Waals surface area (Å²) >= 11 is 0. The monoisotopic (exact) mass is 463 g/mol. The van der Waals surface area contributed by atoms with Crippen molar-refractivity contribution in [2.24, 2.45) is 0 Å². The lowest BCUT2D eigenvalue weighted by molar-refractivity contribution is 0.103. The van der Waals surface area contributed by atoms with Gasteiger partial charge in [0, 0.05) is 22.7 Å². The van der Waals surface area contributed by atoms with Crippen LogP contribution in [-0.4, -0.2) is 42.6 Å². The van der Waals surface area contributed by atoms with Crippen molar-refractivity contribution in [1.82, 2.24) is 29.7 Å². The second-order valence-electron chi connectivity index (χ2n) is 8.31. The van der Waals surface area contributed by atoms with Crippen LogP contribution >= 0.6 is 0 Å². The van der Waals surface area contributed by atoms with Gasteiger partial charge in [-0.2, -0.15) is 5.10 Å². The second kappa shape index (κ2) is 7.84. The van der Waals surface area contributed by atoms with Gasteiger partial charge in [0.1, 0.15) is 17.4 Å². The lowest BCUT2D eigenvalue weighted by atomic mass is 10.1.